The molecule has 1 saturated carbocycles. The van der Waals surface area contributed by atoms with Crippen LogP contribution in [0.25, 0.3) is 0 Å². The Balaban J connectivity index is 1.45. The Bertz CT molecular complexity index is 848. The Morgan fingerprint density at radius 1 is 1.23 bits per heavy atom. The number of nitrogens with one attached hydrogen (secondary N) is 1. The van der Waals surface area contributed by atoms with E-state index in [4.69, 9.17) is 0 Å². The first-order chi connectivity index (χ1) is 12.4. The van der Waals surface area contributed by atoms with E-state index in [1.807, 2.05) is 13.8 Å². The largest absolute Gasteiger partial charge is 0.324 e. The molecule has 136 valence electrons. The predicted molar refractivity (Wildman–Crippen MR) is 102 cm³/mol. The summed E-state index contributed by atoms with van der Waals surface area (Å²) in [4.78, 5) is 15.0. The zero-order valence-corrected chi connectivity index (χ0v) is 15.6. The number of rotatable bonds is 4. The van der Waals surface area contributed by atoms with Crippen molar-refractivity contribution in [3.63, 3.8) is 0 Å². The molecule has 0 bridgehead atoms. The number of carbonyl (C=O) groups excluding carboxylic acids is 1. The van der Waals surface area contributed by atoms with Crippen molar-refractivity contribution in [1.29, 1.82) is 0 Å². The number of benzene rings is 2. The molecule has 26 heavy (non-hydrogen) atoms. The van der Waals surface area contributed by atoms with Crippen LogP contribution >= 0.6 is 0 Å². The van der Waals surface area contributed by atoms with Gasteiger partial charge in [-0.15, -0.1) is 0 Å². The average Bonchev–Trinajstić information content (AvgIpc) is 3.19. The lowest BCUT2D eigenvalue weighted by Gasteiger charge is -2.27. The van der Waals surface area contributed by atoms with Crippen LogP contribution in [0, 0.1) is 25.6 Å². The van der Waals surface area contributed by atoms with Crippen LogP contribution < -0.4 is 5.32 Å². The van der Waals surface area contributed by atoms with E-state index in [0.717, 1.165) is 18.7 Å². The fourth-order valence-electron chi connectivity index (χ4n) is 4.28. The molecule has 3 unspecified atom stereocenters. The van der Waals surface area contributed by atoms with E-state index >= 15 is 0 Å². The molecule has 1 heterocycles. The zero-order chi connectivity index (χ0) is 18.5. The molecule has 1 amide bonds. The standard InChI is InChI=1S/C22H25FN2O/c1-14-4-7-17(8-5-14)22-11-18(22)12-25(13-22)16(3)21(26)24-20-10-19(23)9-6-15(20)2/h4-10,16,18H,11-13H2,1-3H3,(H,24,26). The van der Waals surface area contributed by atoms with Gasteiger partial charge in [0.2, 0.25) is 5.91 Å². The third-order valence-corrected chi connectivity index (χ3v) is 6.18. The van der Waals surface area contributed by atoms with Gasteiger partial charge in [-0.2, -0.15) is 0 Å². The Kier molecular flexibility index (Phi) is 4.11. The van der Waals surface area contributed by atoms with Gasteiger partial charge in [0.1, 0.15) is 5.82 Å². The summed E-state index contributed by atoms with van der Waals surface area (Å²) in [6.45, 7) is 7.78. The summed E-state index contributed by atoms with van der Waals surface area (Å²) in [5.41, 5.74) is 4.31. The van der Waals surface area contributed by atoms with Crippen molar-refractivity contribution in [2.24, 2.45) is 5.92 Å². The first-order valence-electron chi connectivity index (χ1n) is 9.27. The molecule has 0 spiro atoms. The van der Waals surface area contributed by atoms with Crippen molar-refractivity contribution in [3.8, 4) is 0 Å². The van der Waals surface area contributed by atoms with Crippen molar-refractivity contribution < 1.29 is 9.18 Å². The molecular formula is C22H25FN2O. The van der Waals surface area contributed by atoms with E-state index in [1.165, 1.54) is 29.7 Å². The summed E-state index contributed by atoms with van der Waals surface area (Å²) in [7, 11) is 0. The molecule has 4 rings (SSSR count). The van der Waals surface area contributed by atoms with E-state index in [1.54, 1.807) is 6.07 Å². The fourth-order valence-corrected chi connectivity index (χ4v) is 4.28. The van der Waals surface area contributed by atoms with Crippen LogP contribution in [0.4, 0.5) is 10.1 Å². The highest BCUT2D eigenvalue weighted by atomic mass is 19.1. The number of fused-ring (bicyclic) bond motifs is 1. The summed E-state index contributed by atoms with van der Waals surface area (Å²) in [6.07, 6.45) is 1.21. The third kappa shape index (κ3) is 2.92. The summed E-state index contributed by atoms with van der Waals surface area (Å²) in [5, 5.41) is 2.90. The first kappa shape index (κ1) is 17.2. The second-order valence-corrected chi connectivity index (χ2v) is 7.98. The Hall–Kier alpha value is -2.20. The zero-order valence-electron chi connectivity index (χ0n) is 15.6. The van der Waals surface area contributed by atoms with Crippen molar-refractivity contribution in [2.45, 2.75) is 38.6 Å². The second-order valence-electron chi connectivity index (χ2n) is 7.98. The van der Waals surface area contributed by atoms with Gasteiger partial charge in [0, 0.05) is 24.2 Å². The number of aryl methyl sites for hydroxylation is 2. The van der Waals surface area contributed by atoms with Crippen LogP contribution in [0.2, 0.25) is 0 Å². The molecule has 2 aromatic rings. The van der Waals surface area contributed by atoms with Crippen molar-refractivity contribution in [2.75, 3.05) is 18.4 Å². The first-order valence-corrected chi connectivity index (χ1v) is 9.27. The number of carbonyl (C=O) groups is 1. The van der Waals surface area contributed by atoms with Crippen LogP contribution in [-0.4, -0.2) is 29.9 Å². The summed E-state index contributed by atoms with van der Waals surface area (Å²) in [5.74, 6) is 0.231. The highest BCUT2D eigenvalue weighted by molar-refractivity contribution is 5.95. The number of amides is 1. The summed E-state index contributed by atoms with van der Waals surface area (Å²) >= 11 is 0. The van der Waals surface area contributed by atoms with Crippen molar-refractivity contribution in [1.82, 2.24) is 4.90 Å². The Labute approximate surface area is 154 Å². The second kappa shape index (κ2) is 6.20. The molecule has 1 aliphatic carbocycles. The van der Waals surface area contributed by atoms with Crippen molar-refractivity contribution in [3.05, 3.63) is 65.0 Å². The van der Waals surface area contributed by atoms with Gasteiger partial charge in [0.25, 0.3) is 0 Å². The van der Waals surface area contributed by atoms with Gasteiger partial charge in [-0.1, -0.05) is 35.9 Å². The average molecular weight is 352 g/mol. The van der Waals surface area contributed by atoms with Gasteiger partial charge in [0.15, 0.2) is 0 Å². The maximum Gasteiger partial charge on any atom is 0.241 e. The minimum Gasteiger partial charge on any atom is -0.324 e. The highest BCUT2D eigenvalue weighted by Crippen LogP contribution is 2.59. The quantitative estimate of drug-likeness (QED) is 0.901. The minimum absolute atomic E-state index is 0.0703. The SMILES string of the molecule is Cc1ccc(C23CC2CN(C(C)C(=O)Nc2cc(F)ccc2C)C3)cc1. The third-order valence-electron chi connectivity index (χ3n) is 6.18. The minimum atomic E-state index is -0.334. The molecule has 0 radical (unpaired) electrons. The van der Waals surface area contributed by atoms with E-state index in [-0.39, 0.29) is 23.2 Å². The lowest BCUT2D eigenvalue weighted by Crippen LogP contribution is -2.42. The number of likely N-dealkylation sites (tertiary alicyclic amines) is 1. The maximum atomic E-state index is 13.5. The van der Waals surface area contributed by atoms with E-state index in [9.17, 15) is 9.18 Å². The molecule has 0 aromatic heterocycles. The number of hydrogen-bond donors (Lipinski definition) is 1. The lowest BCUT2D eigenvalue weighted by molar-refractivity contribution is -0.120. The molecule has 1 aliphatic heterocycles. The van der Waals surface area contributed by atoms with Gasteiger partial charge in [-0.05, 0) is 56.4 Å². The summed E-state index contributed by atoms with van der Waals surface area (Å²) < 4.78 is 13.5. The van der Waals surface area contributed by atoms with Crippen LogP contribution in [-0.2, 0) is 10.2 Å². The molecule has 1 N–H and O–H groups in total. The van der Waals surface area contributed by atoms with E-state index < -0.39 is 0 Å². The monoisotopic (exact) mass is 352 g/mol. The lowest BCUT2D eigenvalue weighted by atomic mass is 9.94. The van der Waals surface area contributed by atoms with E-state index in [2.05, 4.69) is 41.4 Å². The normalized spacial score (nSPS) is 25.6. The highest BCUT2D eigenvalue weighted by Gasteiger charge is 2.61. The molecule has 1 saturated heterocycles. The smallest absolute Gasteiger partial charge is 0.241 e. The van der Waals surface area contributed by atoms with Crippen LogP contribution in [0.1, 0.15) is 30.0 Å². The molecular weight excluding hydrogens is 327 g/mol. The van der Waals surface area contributed by atoms with Gasteiger partial charge >= 0.3 is 0 Å². The molecule has 2 fully saturated rings. The predicted octanol–water partition coefficient (Wildman–Crippen LogP) is 4.04. The topological polar surface area (TPSA) is 32.3 Å². The van der Waals surface area contributed by atoms with Crippen LogP contribution in [0.15, 0.2) is 42.5 Å². The van der Waals surface area contributed by atoms with Gasteiger partial charge in [0.05, 0.1) is 6.04 Å². The molecule has 3 nitrogen and oxygen atoms in total. The maximum absolute atomic E-state index is 13.5. The Morgan fingerprint density at radius 2 is 1.96 bits per heavy atom. The fraction of sp³-hybridized carbons (Fsp3) is 0.409. The van der Waals surface area contributed by atoms with Crippen molar-refractivity contribution >= 4 is 11.6 Å². The summed E-state index contributed by atoms with van der Waals surface area (Å²) in [6, 6.07) is 13.1. The number of hydrogen-bond acceptors (Lipinski definition) is 2. The molecule has 2 aromatic carbocycles. The van der Waals surface area contributed by atoms with Gasteiger partial charge in [-0.25, -0.2) is 4.39 Å². The molecule has 2 aliphatic rings. The van der Waals surface area contributed by atoms with Crippen LogP contribution in [0.3, 0.4) is 0 Å². The van der Waals surface area contributed by atoms with Crippen LogP contribution in [0.5, 0.6) is 0 Å². The van der Waals surface area contributed by atoms with E-state index in [0.29, 0.717) is 11.6 Å². The number of anilines is 1. The molecule has 4 heteroatoms. The molecule has 3 atom stereocenters. The van der Waals surface area contributed by atoms with Gasteiger partial charge in [-0.3, -0.25) is 9.69 Å². The number of halogens is 1. The Morgan fingerprint density at radius 3 is 2.69 bits per heavy atom. The van der Waals surface area contributed by atoms with Gasteiger partial charge < -0.3 is 5.32 Å². The number of nitrogens with zero attached hydrogens (tertiary/aromatic N) is 1. The number of piperidine rings is 1.